The van der Waals surface area contributed by atoms with Crippen LogP contribution < -0.4 is 11.1 Å². The predicted molar refractivity (Wildman–Crippen MR) is 190 cm³/mol. The first-order valence-electron chi connectivity index (χ1n) is 14.9. The molecular formula is C38H54F2N4. The molecule has 0 spiro atoms. The van der Waals surface area contributed by atoms with E-state index in [-0.39, 0.29) is 5.56 Å². The molecule has 0 unspecified atom stereocenters. The van der Waals surface area contributed by atoms with Gasteiger partial charge in [0.2, 0.25) is 0 Å². The second kappa shape index (κ2) is 23.3. The highest BCUT2D eigenvalue weighted by Gasteiger charge is 2.27. The fourth-order valence-corrected chi connectivity index (χ4v) is 4.05. The van der Waals surface area contributed by atoms with Crippen LogP contribution in [0.1, 0.15) is 74.2 Å². The Morgan fingerprint density at radius 3 is 1.95 bits per heavy atom. The van der Waals surface area contributed by atoms with Crippen molar-refractivity contribution in [1.82, 2.24) is 14.9 Å². The number of nitrogens with one attached hydrogen (secondary N) is 1. The summed E-state index contributed by atoms with van der Waals surface area (Å²) in [4.78, 5) is 4.65. The molecule has 0 aliphatic rings. The van der Waals surface area contributed by atoms with Crippen LogP contribution in [-0.2, 0) is 12.5 Å². The third kappa shape index (κ3) is 13.8. The molecule has 0 fully saturated rings. The largest absolute Gasteiger partial charge is 0.385 e. The Morgan fingerprint density at radius 2 is 1.45 bits per heavy atom. The van der Waals surface area contributed by atoms with Crippen molar-refractivity contribution in [3.8, 4) is 12.8 Å². The predicted octanol–water partition coefficient (Wildman–Crippen LogP) is 9.82. The molecule has 0 aliphatic heterocycles. The van der Waals surface area contributed by atoms with Crippen molar-refractivity contribution >= 4 is 16.7 Å². The molecule has 0 atom stereocenters. The van der Waals surface area contributed by atoms with Gasteiger partial charge in [-0.25, -0.2) is 13.8 Å². The normalized spacial score (nSPS) is 9.57. The Labute approximate surface area is 266 Å². The van der Waals surface area contributed by atoms with E-state index < -0.39 is 5.92 Å². The number of aromatic nitrogens is 2. The van der Waals surface area contributed by atoms with Crippen molar-refractivity contribution in [2.24, 2.45) is 5.73 Å². The van der Waals surface area contributed by atoms with Crippen LogP contribution in [0.4, 0.5) is 8.78 Å². The maximum absolute atomic E-state index is 14.0. The summed E-state index contributed by atoms with van der Waals surface area (Å²) in [5.74, 6) is -2.08. The van der Waals surface area contributed by atoms with Crippen LogP contribution in [0, 0.1) is 33.6 Å². The zero-order valence-electron chi connectivity index (χ0n) is 28.2. The van der Waals surface area contributed by atoms with E-state index in [4.69, 9.17) is 0 Å². The van der Waals surface area contributed by atoms with E-state index in [2.05, 4.69) is 93.7 Å². The number of hydrogen-bond acceptors (Lipinski definition) is 3. The van der Waals surface area contributed by atoms with Gasteiger partial charge in [-0.2, -0.15) is 0 Å². The first-order chi connectivity index (χ1) is 21.1. The van der Waals surface area contributed by atoms with Gasteiger partial charge in [-0.15, -0.1) is 26.0 Å². The van der Waals surface area contributed by atoms with Gasteiger partial charge in [0.05, 0.1) is 11.0 Å². The Hall–Kier alpha value is -4.21. The van der Waals surface area contributed by atoms with Gasteiger partial charge in [-0.3, -0.25) is 0 Å². The summed E-state index contributed by atoms with van der Waals surface area (Å²) in [6.45, 7) is 24.5. The lowest BCUT2D eigenvalue weighted by Gasteiger charge is -2.17. The van der Waals surface area contributed by atoms with Gasteiger partial charge in [-0.1, -0.05) is 99.5 Å². The van der Waals surface area contributed by atoms with Crippen molar-refractivity contribution in [3.05, 3.63) is 120 Å². The number of benzene rings is 3. The first-order valence-corrected chi connectivity index (χ1v) is 14.9. The lowest BCUT2D eigenvalue weighted by molar-refractivity contribution is 0.0164. The van der Waals surface area contributed by atoms with E-state index in [1.807, 2.05) is 43.5 Å². The van der Waals surface area contributed by atoms with E-state index in [0.717, 1.165) is 54.4 Å². The first kappa shape index (κ1) is 41.9. The van der Waals surface area contributed by atoms with Gasteiger partial charge < -0.3 is 15.6 Å². The van der Waals surface area contributed by atoms with E-state index in [1.165, 1.54) is 24.2 Å². The molecule has 4 rings (SSSR count). The molecule has 3 aromatic carbocycles. The summed E-state index contributed by atoms with van der Waals surface area (Å²) in [5.41, 5.74) is 11.5. The molecule has 240 valence electrons. The molecule has 0 amide bonds. The molecule has 0 saturated carbocycles. The Balaban J connectivity index is 0. The molecule has 4 aromatic rings. The Morgan fingerprint density at radius 1 is 0.932 bits per heavy atom. The van der Waals surface area contributed by atoms with Gasteiger partial charge >= 0.3 is 0 Å². The van der Waals surface area contributed by atoms with Crippen LogP contribution in [0.5, 0.6) is 0 Å². The zero-order valence-corrected chi connectivity index (χ0v) is 28.2. The molecule has 1 heterocycles. The van der Waals surface area contributed by atoms with Crippen LogP contribution >= 0.6 is 0 Å². The van der Waals surface area contributed by atoms with Gasteiger partial charge in [0.15, 0.2) is 0 Å². The van der Waals surface area contributed by atoms with Crippen molar-refractivity contribution in [2.75, 3.05) is 13.6 Å². The number of unbranched alkanes of at least 4 members (excludes halogenated alkanes) is 1. The average Bonchev–Trinajstić information content (AvgIpc) is 3.36. The number of aryl methyl sites for hydroxylation is 3. The number of alkyl halides is 2. The third-order valence-corrected chi connectivity index (χ3v) is 6.19. The van der Waals surface area contributed by atoms with Crippen LogP contribution in [0.3, 0.4) is 0 Å². The lowest BCUT2D eigenvalue weighted by Crippen LogP contribution is -2.13. The van der Waals surface area contributed by atoms with Crippen molar-refractivity contribution in [1.29, 1.82) is 0 Å². The lowest BCUT2D eigenvalue weighted by atomic mass is 10.0. The van der Waals surface area contributed by atoms with Crippen LogP contribution in [0.15, 0.2) is 86.5 Å². The average molecular weight is 605 g/mol. The SMILES string of the molecule is C#C.C=C.C=C(NCCCC)c1ccc2c(c1)nc(C)n2Cc1ccccc1C(C)(F)F.CC.CN.Cc1ccc(C)cc1. The summed E-state index contributed by atoms with van der Waals surface area (Å²) in [6.07, 6.45) is 10.2. The van der Waals surface area contributed by atoms with E-state index >= 15 is 0 Å². The number of rotatable bonds is 8. The molecule has 1 aromatic heterocycles. The maximum atomic E-state index is 14.0. The second-order valence-electron chi connectivity index (χ2n) is 9.41. The molecule has 0 saturated heterocycles. The van der Waals surface area contributed by atoms with Crippen molar-refractivity contribution in [3.63, 3.8) is 0 Å². The smallest absolute Gasteiger partial charge is 0.270 e. The standard InChI is InChI=1S/C23H27F2N3.C8H10.C2H6.C2H4.C2H2.CH5N/c1-5-6-13-26-16(2)18-11-12-22-21(14-18)27-17(3)28(22)15-19-9-7-8-10-20(19)23(4,24)25;1-7-3-5-8(2)6-4-7;4*1-2/h7-12,14,26H,2,5-6,13,15H2,1,3-4H3;3-6H,1-2H3;1-2H3;1-2H2;1-2H;2H2,1H3. The Bertz CT molecular complexity index is 1340. The molecule has 4 nitrogen and oxygen atoms in total. The quantitative estimate of drug-likeness (QED) is 0.120. The summed E-state index contributed by atoms with van der Waals surface area (Å²) in [6, 6.07) is 21.2. The number of imidazole rings is 1. The van der Waals surface area contributed by atoms with Gasteiger partial charge in [-0.05, 0) is 57.5 Å². The second-order valence-corrected chi connectivity index (χ2v) is 9.41. The summed E-state index contributed by atoms with van der Waals surface area (Å²) in [7, 11) is 1.50. The number of nitrogens with two attached hydrogens (primary N) is 1. The topological polar surface area (TPSA) is 55.9 Å². The highest BCUT2D eigenvalue weighted by molar-refractivity contribution is 5.81. The van der Waals surface area contributed by atoms with Crippen LogP contribution in [0.2, 0.25) is 0 Å². The molecule has 6 heteroatoms. The summed E-state index contributed by atoms with van der Waals surface area (Å²) in [5, 5.41) is 3.34. The summed E-state index contributed by atoms with van der Waals surface area (Å²) < 4.78 is 30.0. The number of hydrogen-bond donors (Lipinski definition) is 2. The van der Waals surface area contributed by atoms with Crippen LogP contribution in [0.25, 0.3) is 16.7 Å². The molecule has 0 radical (unpaired) electrons. The number of terminal acetylenes is 1. The van der Waals surface area contributed by atoms with Crippen LogP contribution in [-0.4, -0.2) is 23.1 Å². The maximum Gasteiger partial charge on any atom is 0.270 e. The Kier molecular flexibility index (Phi) is 22.2. The van der Waals surface area contributed by atoms with Gasteiger partial charge in [0.25, 0.3) is 5.92 Å². The number of fused-ring (bicyclic) bond motifs is 1. The molecule has 3 N–H and O–H groups in total. The molecule has 44 heavy (non-hydrogen) atoms. The fraction of sp³-hybridized carbons (Fsp3) is 0.342. The van der Waals surface area contributed by atoms with Crippen molar-refractivity contribution in [2.45, 2.75) is 73.8 Å². The molecule has 0 aliphatic carbocycles. The zero-order chi connectivity index (χ0) is 34.3. The fourth-order valence-electron chi connectivity index (χ4n) is 4.05. The molecular weight excluding hydrogens is 550 g/mol. The van der Waals surface area contributed by atoms with E-state index in [9.17, 15) is 8.78 Å². The van der Waals surface area contributed by atoms with E-state index in [1.54, 1.807) is 18.2 Å². The monoisotopic (exact) mass is 604 g/mol. The highest BCUT2D eigenvalue weighted by atomic mass is 19.3. The van der Waals surface area contributed by atoms with Gasteiger partial charge in [0, 0.05) is 31.3 Å². The van der Waals surface area contributed by atoms with E-state index in [0.29, 0.717) is 12.1 Å². The summed E-state index contributed by atoms with van der Waals surface area (Å²) >= 11 is 0. The van der Waals surface area contributed by atoms with Crippen molar-refractivity contribution < 1.29 is 8.78 Å². The minimum atomic E-state index is -2.88. The number of halogens is 2. The minimum Gasteiger partial charge on any atom is -0.385 e. The highest BCUT2D eigenvalue weighted by Crippen LogP contribution is 2.31. The minimum absolute atomic E-state index is 0.0568. The number of nitrogens with zero attached hydrogens (tertiary/aromatic N) is 2. The van der Waals surface area contributed by atoms with Gasteiger partial charge in [0.1, 0.15) is 5.82 Å². The third-order valence-electron chi connectivity index (χ3n) is 6.19. The molecule has 0 bridgehead atoms.